The highest BCUT2D eigenvalue weighted by molar-refractivity contribution is 7.83. The zero-order valence-electron chi connectivity index (χ0n) is 13.1. The molecule has 0 radical (unpaired) electrons. The van der Waals surface area contributed by atoms with Gasteiger partial charge in [0.25, 0.3) is 5.91 Å². The summed E-state index contributed by atoms with van der Waals surface area (Å²) in [6.07, 6.45) is 0. The number of anilines is 1. The highest BCUT2D eigenvalue weighted by atomic mass is 32.2. The summed E-state index contributed by atoms with van der Waals surface area (Å²) in [5, 5.41) is 7.37. The fourth-order valence-electron chi connectivity index (χ4n) is 2.79. The van der Waals surface area contributed by atoms with Crippen LogP contribution in [0.1, 0.15) is 21.6 Å². The Hall–Kier alpha value is -2.80. The molecule has 0 saturated carbocycles. The first-order valence-electron chi connectivity index (χ1n) is 7.70. The number of amides is 1. The molecule has 0 unspecified atom stereocenters. The minimum absolute atomic E-state index is 0.343. The summed E-state index contributed by atoms with van der Waals surface area (Å²) in [4.78, 5) is 12.5. The lowest BCUT2D eigenvalue weighted by Crippen LogP contribution is -2.16. The summed E-state index contributed by atoms with van der Waals surface area (Å²) < 4.78 is 26.6. The topological polar surface area (TPSA) is 64.0 Å². The number of nitrogens with zero attached hydrogens (tertiary/aromatic N) is 2. The molecule has 1 aliphatic rings. The number of halogens is 1. The third-order valence-corrected chi connectivity index (χ3v) is 5.21. The maximum atomic E-state index is 13.1. The number of fused-ring (bicyclic) bond motifs is 1. The number of para-hydroxylation sites is 1. The Kier molecular flexibility index (Phi) is 3.93. The van der Waals surface area contributed by atoms with E-state index in [1.807, 2.05) is 30.3 Å². The Bertz CT molecular complexity index is 968. The predicted octanol–water partition coefficient (Wildman–Crippen LogP) is 3.03. The second-order valence-corrected chi connectivity index (χ2v) is 7.17. The fraction of sp³-hybridized carbons (Fsp3) is 0.111. The number of nitrogens with one attached hydrogen (secondary N) is 1. The van der Waals surface area contributed by atoms with Gasteiger partial charge in [-0.15, -0.1) is 0 Å². The average molecular weight is 355 g/mol. The van der Waals surface area contributed by atoms with Crippen molar-refractivity contribution < 1.29 is 13.4 Å². The first-order valence-corrected chi connectivity index (χ1v) is 9.19. The van der Waals surface area contributed by atoms with Crippen molar-refractivity contribution in [1.29, 1.82) is 0 Å². The molecule has 1 atom stereocenters. The van der Waals surface area contributed by atoms with Gasteiger partial charge in [-0.1, -0.05) is 18.2 Å². The molecule has 1 amide bonds. The standard InChI is InChI=1S/C18H14FN3O2S/c19-13-8-6-12(7-9-13)18(23)20-17-15-10-25(24)11-16(15)21-22(17)14-4-2-1-3-5-14/h1-9H,10-11H2,(H,20,23)/t25-/m0/s1. The number of carbonyl (C=O) groups is 1. The Morgan fingerprint density at radius 3 is 2.52 bits per heavy atom. The highest BCUT2D eigenvalue weighted by Crippen LogP contribution is 2.31. The Balaban J connectivity index is 1.74. The third kappa shape index (κ3) is 2.98. The fourth-order valence-corrected chi connectivity index (χ4v) is 4.06. The quantitative estimate of drug-likeness (QED) is 0.785. The Morgan fingerprint density at radius 1 is 1.08 bits per heavy atom. The van der Waals surface area contributed by atoms with E-state index in [2.05, 4.69) is 10.4 Å². The maximum Gasteiger partial charge on any atom is 0.256 e. The molecule has 2 heterocycles. The molecule has 2 aromatic carbocycles. The zero-order valence-corrected chi connectivity index (χ0v) is 13.9. The van der Waals surface area contributed by atoms with Crippen molar-refractivity contribution in [2.75, 3.05) is 5.32 Å². The number of rotatable bonds is 3. The molecule has 4 rings (SSSR count). The largest absolute Gasteiger partial charge is 0.306 e. The zero-order chi connectivity index (χ0) is 17.4. The van der Waals surface area contributed by atoms with E-state index in [1.54, 1.807) is 4.68 Å². The van der Waals surface area contributed by atoms with E-state index in [0.29, 0.717) is 22.9 Å². The molecule has 1 aromatic heterocycles. The summed E-state index contributed by atoms with van der Waals surface area (Å²) in [5.41, 5.74) is 2.67. The van der Waals surface area contributed by atoms with Gasteiger partial charge in [0.05, 0.1) is 22.9 Å². The lowest BCUT2D eigenvalue weighted by atomic mass is 10.2. The van der Waals surface area contributed by atoms with Gasteiger partial charge in [-0.3, -0.25) is 9.00 Å². The second kappa shape index (κ2) is 6.25. The minimum atomic E-state index is -1.00. The van der Waals surface area contributed by atoms with Gasteiger partial charge in [0.15, 0.2) is 0 Å². The highest BCUT2D eigenvalue weighted by Gasteiger charge is 2.28. The lowest BCUT2D eigenvalue weighted by Gasteiger charge is -2.11. The molecule has 0 saturated heterocycles. The van der Waals surface area contributed by atoms with Gasteiger partial charge in [-0.25, -0.2) is 9.07 Å². The molecule has 1 N–H and O–H groups in total. The van der Waals surface area contributed by atoms with Crippen molar-refractivity contribution in [1.82, 2.24) is 9.78 Å². The van der Waals surface area contributed by atoms with Gasteiger partial charge in [-0.05, 0) is 36.4 Å². The van der Waals surface area contributed by atoms with E-state index in [-0.39, 0.29) is 5.91 Å². The normalized spacial score (nSPS) is 15.8. The van der Waals surface area contributed by atoms with Crippen LogP contribution in [0.5, 0.6) is 0 Å². The monoisotopic (exact) mass is 355 g/mol. The second-order valence-electron chi connectivity index (χ2n) is 5.71. The number of hydrogen-bond donors (Lipinski definition) is 1. The molecule has 0 bridgehead atoms. The van der Waals surface area contributed by atoms with Crippen LogP contribution in [0.4, 0.5) is 10.2 Å². The van der Waals surface area contributed by atoms with Crippen molar-refractivity contribution in [3.8, 4) is 5.69 Å². The minimum Gasteiger partial charge on any atom is -0.306 e. The van der Waals surface area contributed by atoms with Crippen LogP contribution >= 0.6 is 0 Å². The average Bonchev–Trinajstić information content (AvgIpc) is 3.13. The van der Waals surface area contributed by atoms with Crippen LogP contribution in [0.15, 0.2) is 54.6 Å². The molecule has 3 aromatic rings. The smallest absolute Gasteiger partial charge is 0.256 e. The van der Waals surface area contributed by atoms with Crippen molar-refractivity contribution in [2.45, 2.75) is 11.5 Å². The summed E-state index contributed by atoms with van der Waals surface area (Å²) in [6.45, 7) is 0. The molecule has 5 nitrogen and oxygen atoms in total. The lowest BCUT2D eigenvalue weighted by molar-refractivity contribution is 0.102. The molecule has 0 aliphatic carbocycles. The van der Waals surface area contributed by atoms with Crippen LogP contribution in [-0.4, -0.2) is 19.9 Å². The molecular weight excluding hydrogens is 341 g/mol. The SMILES string of the molecule is O=C(Nc1c2c(nn1-c1ccccc1)C[S@@](=O)C2)c1ccc(F)cc1. The number of hydrogen-bond acceptors (Lipinski definition) is 3. The molecule has 25 heavy (non-hydrogen) atoms. The molecule has 0 spiro atoms. The molecule has 126 valence electrons. The van der Waals surface area contributed by atoms with E-state index in [0.717, 1.165) is 16.9 Å². The van der Waals surface area contributed by atoms with Crippen LogP contribution in [0, 0.1) is 5.82 Å². The molecular formula is C18H14FN3O2S. The summed E-state index contributed by atoms with van der Waals surface area (Å²) in [7, 11) is -1.00. The van der Waals surface area contributed by atoms with Gasteiger partial charge in [0.2, 0.25) is 0 Å². The number of benzene rings is 2. The summed E-state index contributed by atoms with van der Waals surface area (Å²) >= 11 is 0. The summed E-state index contributed by atoms with van der Waals surface area (Å²) in [6, 6.07) is 14.7. The van der Waals surface area contributed by atoms with E-state index in [9.17, 15) is 13.4 Å². The van der Waals surface area contributed by atoms with Gasteiger partial charge >= 0.3 is 0 Å². The van der Waals surface area contributed by atoms with E-state index >= 15 is 0 Å². The van der Waals surface area contributed by atoms with Crippen LogP contribution in [0.2, 0.25) is 0 Å². The number of carbonyl (C=O) groups excluding carboxylic acids is 1. The van der Waals surface area contributed by atoms with Crippen LogP contribution in [0.3, 0.4) is 0 Å². The van der Waals surface area contributed by atoms with E-state index < -0.39 is 16.6 Å². The van der Waals surface area contributed by atoms with E-state index in [1.165, 1.54) is 24.3 Å². The predicted molar refractivity (Wildman–Crippen MR) is 93.5 cm³/mol. The van der Waals surface area contributed by atoms with Gasteiger partial charge < -0.3 is 5.32 Å². The van der Waals surface area contributed by atoms with Gasteiger partial charge in [-0.2, -0.15) is 5.10 Å². The van der Waals surface area contributed by atoms with Crippen molar-refractivity contribution in [2.24, 2.45) is 0 Å². The summed E-state index contributed by atoms with van der Waals surface area (Å²) in [5.74, 6) is 0.497. The molecule has 1 aliphatic heterocycles. The molecule has 7 heteroatoms. The first kappa shape index (κ1) is 15.7. The molecule has 0 fully saturated rings. The van der Waals surface area contributed by atoms with E-state index in [4.69, 9.17) is 0 Å². The number of aromatic nitrogens is 2. The first-order chi connectivity index (χ1) is 12.1. The Labute approximate surface area is 145 Å². The van der Waals surface area contributed by atoms with Crippen molar-refractivity contribution >= 4 is 22.5 Å². The van der Waals surface area contributed by atoms with Crippen LogP contribution in [-0.2, 0) is 22.3 Å². The van der Waals surface area contributed by atoms with Gasteiger partial charge in [0.1, 0.15) is 11.6 Å². The Morgan fingerprint density at radius 2 is 1.80 bits per heavy atom. The van der Waals surface area contributed by atoms with Crippen molar-refractivity contribution in [3.05, 3.63) is 77.2 Å². The van der Waals surface area contributed by atoms with Gasteiger partial charge in [0, 0.05) is 21.9 Å². The van der Waals surface area contributed by atoms with Crippen molar-refractivity contribution in [3.63, 3.8) is 0 Å². The maximum absolute atomic E-state index is 13.1. The van der Waals surface area contributed by atoms with Crippen LogP contribution in [0.25, 0.3) is 5.69 Å². The van der Waals surface area contributed by atoms with Crippen LogP contribution < -0.4 is 5.32 Å². The third-order valence-electron chi connectivity index (χ3n) is 4.01.